The summed E-state index contributed by atoms with van der Waals surface area (Å²) in [5.74, 6) is 0.685. The molecule has 1 nitrogen and oxygen atoms in total. The lowest BCUT2D eigenvalue weighted by Crippen LogP contribution is -2.31. The summed E-state index contributed by atoms with van der Waals surface area (Å²) in [6, 6.07) is 8.81. The lowest BCUT2D eigenvalue weighted by atomic mass is 9.90. The topological polar surface area (TPSA) is 3.24 Å². The monoisotopic (exact) mass is 185 g/mol. The molecule has 1 saturated heterocycles. The molecule has 0 saturated carbocycles. The molecular weight excluding hydrogens is 170 g/mol. The zero-order valence-electron chi connectivity index (χ0n) is 8.53. The van der Waals surface area contributed by atoms with Crippen molar-refractivity contribution in [3.05, 3.63) is 41.0 Å². The number of likely N-dealkylation sites (tertiary alicyclic amines) is 1. The fourth-order valence-electron chi connectivity index (χ4n) is 2.64. The highest BCUT2D eigenvalue weighted by Gasteiger charge is 2.28. The summed E-state index contributed by atoms with van der Waals surface area (Å²) in [5, 5.41) is 0. The van der Waals surface area contributed by atoms with E-state index in [2.05, 4.69) is 42.3 Å². The molecule has 1 fully saturated rings. The van der Waals surface area contributed by atoms with Crippen LogP contribution in [0.15, 0.2) is 29.8 Å². The Balaban J connectivity index is 2.04. The van der Waals surface area contributed by atoms with E-state index in [1.165, 1.54) is 30.6 Å². The molecule has 0 amide bonds. The first kappa shape index (κ1) is 8.25. The molecule has 1 atom stereocenters. The van der Waals surface area contributed by atoms with Gasteiger partial charge in [-0.25, -0.2) is 0 Å². The van der Waals surface area contributed by atoms with Crippen LogP contribution in [0.1, 0.15) is 23.5 Å². The SMILES string of the molecule is CN1CCC2=Cc3ccccc3C2C1. The zero-order valence-corrected chi connectivity index (χ0v) is 8.53. The van der Waals surface area contributed by atoms with Crippen LogP contribution in [0.4, 0.5) is 0 Å². The van der Waals surface area contributed by atoms with Gasteiger partial charge in [0, 0.05) is 19.0 Å². The van der Waals surface area contributed by atoms with Crippen LogP contribution >= 0.6 is 0 Å². The molecule has 3 rings (SSSR count). The number of likely N-dealkylation sites (N-methyl/N-ethyl adjacent to an activating group) is 1. The summed E-state index contributed by atoms with van der Waals surface area (Å²) in [4.78, 5) is 2.43. The van der Waals surface area contributed by atoms with Crippen LogP contribution in [0, 0.1) is 0 Å². The predicted molar refractivity (Wildman–Crippen MR) is 59.3 cm³/mol. The van der Waals surface area contributed by atoms with Crippen LogP contribution < -0.4 is 0 Å². The Kier molecular flexibility index (Phi) is 1.74. The quantitative estimate of drug-likeness (QED) is 0.600. The highest BCUT2D eigenvalue weighted by Crippen LogP contribution is 2.40. The molecule has 1 aromatic carbocycles. The normalized spacial score (nSPS) is 25.5. The van der Waals surface area contributed by atoms with Gasteiger partial charge in [0.2, 0.25) is 0 Å². The molecule has 2 aliphatic rings. The fraction of sp³-hybridized carbons (Fsp3) is 0.385. The van der Waals surface area contributed by atoms with Crippen molar-refractivity contribution in [3.8, 4) is 0 Å². The second-order valence-corrected chi connectivity index (χ2v) is 4.41. The van der Waals surface area contributed by atoms with E-state index in [0.717, 1.165) is 0 Å². The molecule has 14 heavy (non-hydrogen) atoms. The average Bonchev–Trinajstić information content (AvgIpc) is 2.56. The molecule has 1 aliphatic heterocycles. The van der Waals surface area contributed by atoms with Crippen molar-refractivity contribution < 1.29 is 0 Å². The summed E-state index contributed by atoms with van der Waals surface area (Å²) < 4.78 is 0. The number of hydrogen-bond donors (Lipinski definition) is 0. The van der Waals surface area contributed by atoms with Gasteiger partial charge >= 0.3 is 0 Å². The van der Waals surface area contributed by atoms with Gasteiger partial charge in [-0.3, -0.25) is 0 Å². The van der Waals surface area contributed by atoms with Gasteiger partial charge in [0.05, 0.1) is 0 Å². The molecule has 1 aromatic rings. The highest BCUT2D eigenvalue weighted by atomic mass is 15.1. The van der Waals surface area contributed by atoms with E-state index in [0.29, 0.717) is 5.92 Å². The Morgan fingerprint density at radius 3 is 3.07 bits per heavy atom. The van der Waals surface area contributed by atoms with E-state index >= 15 is 0 Å². The number of rotatable bonds is 0. The van der Waals surface area contributed by atoms with E-state index in [1.807, 2.05) is 0 Å². The zero-order chi connectivity index (χ0) is 9.54. The maximum atomic E-state index is 2.43. The van der Waals surface area contributed by atoms with Crippen LogP contribution in [0.25, 0.3) is 6.08 Å². The molecule has 1 unspecified atom stereocenters. The van der Waals surface area contributed by atoms with Crippen molar-refractivity contribution in [2.75, 3.05) is 20.1 Å². The fourth-order valence-corrected chi connectivity index (χ4v) is 2.64. The summed E-state index contributed by atoms with van der Waals surface area (Å²) in [7, 11) is 2.22. The number of piperidine rings is 1. The van der Waals surface area contributed by atoms with Crippen LogP contribution in [-0.2, 0) is 0 Å². The Morgan fingerprint density at radius 1 is 1.29 bits per heavy atom. The van der Waals surface area contributed by atoms with Gasteiger partial charge in [-0.15, -0.1) is 0 Å². The minimum absolute atomic E-state index is 0.685. The second kappa shape index (κ2) is 2.96. The molecule has 0 radical (unpaired) electrons. The maximum absolute atomic E-state index is 2.43. The Bertz CT molecular complexity index is 392. The van der Waals surface area contributed by atoms with Crippen molar-refractivity contribution in [3.63, 3.8) is 0 Å². The first-order valence-corrected chi connectivity index (χ1v) is 5.32. The third-order valence-corrected chi connectivity index (χ3v) is 3.44. The van der Waals surface area contributed by atoms with E-state index in [1.54, 1.807) is 5.57 Å². The van der Waals surface area contributed by atoms with E-state index in [4.69, 9.17) is 0 Å². The molecule has 1 aliphatic carbocycles. The standard InChI is InChI=1S/C13H15N/c1-14-7-6-11-8-10-4-2-3-5-12(10)13(11)9-14/h2-5,8,13H,6-7,9H2,1H3. The highest BCUT2D eigenvalue weighted by molar-refractivity contribution is 5.67. The number of fused-ring (bicyclic) bond motifs is 3. The van der Waals surface area contributed by atoms with Crippen molar-refractivity contribution in [1.82, 2.24) is 4.90 Å². The molecule has 72 valence electrons. The van der Waals surface area contributed by atoms with Gasteiger partial charge in [0.25, 0.3) is 0 Å². The molecule has 1 heterocycles. The van der Waals surface area contributed by atoms with E-state index in [9.17, 15) is 0 Å². The lowest BCUT2D eigenvalue weighted by molar-refractivity contribution is 0.294. The minimum Gasteiger partial charge on any atom is -0.305 e. The molecular formula is C13H15N. The summed E-state index contributed by atoms with van der Waals surface area (Å²) >= 11 is 0. The van der Waals surface area contributed by atoms with Crippen LogP contribution in [0.3, 0.4) is 0 Å². The molecule has 0 bridgehead atoms. The summed E-state index contributed by atoms with van der Waals surface area (Å²) in [5.41, 5.74) is 4.63. The van der Waals surface area contributed by atoms with Gasteiger partial charge < -0.3 is 4.90 Å². The van der Waals surface area contributed by atoms with Crippen LogP contribution in [0.2, 0.25) is 0 Å². The van der Waals surface area contributed by atoms with Gasteiger partial charge in [-0.2, -0.15) is 0 Å². The summed E-state index contributed by atoms with van der Waals surface area (Å²) in [6.07, 6.45) is 3.64. The van der Waals surface area contributed by atoms with E-state index < -0.39 is 0 Å². The molecule has 0 aromatic heterocycles. The number of hydrogen-bond acceptors (Lipinski definition) is 1. The van der Waals surface area contributed by atoms with E-state index in [-0.39, 0.29) is 0 Å². The Hall–Kier alpha value is -1.08. The third kappa shape index (κ3) is 1.12. The molecule has 0 N–H and O–H groups in total. The number of benzene rings is 1. The predicted octanol–water partition coefficient (Wildman–Crippen LogP) is 2.50. The molecule has 1 heteroatoms. The van der Waals surface area contributed by atoms with Gasteiger partial charge in [-0.05, 0) is 24.6 Å². The largest absolute Gasteiger partial charge is 0.305 e. The second-order valence-electron chi connectivity index (χ2n) is 4.41. The molecule has 0 spiro atoms. The van der Waals surface area contributed by atoms with Gasteiger partial charge in [-0.1, -0.05) is 35.9 Å². The lowest BCUT2D eigenvalue weighted by Gasteiger charge is -2.30. The third-order valence-electron chi connectivity index (χ3n) is 3.44. The first-order valence-electron chi connectivity index (χ1n) is 5.32. The first-order chi connectivity index (χ1) is 6.84. The van der Waals surface area contributed by atoms with Crippen molar-refractivity contribution in [2.45, 2.75) is 12.3 Å². The van der Waals surface area contributed by atoms with Crippen LogP contribution in [-0.4, -0.2) is 25.0 Å². The number of nitrogens with zero attached hydrogens (tertiary/aromatic N) is 1. The minimum atomic E-state index is 0.685. The maximum Gasteiger partial charge on any atom is 0.0185 e. The Morgan fingerprint density at radius 2 is 2.14 bits per heavy atom. The van der Waals surface area contributed by atoms with Gasteiger partial charge in [0.15, 0.2) is 0 Å². The smallest absolute Gasteiger partial charge is 0.0185 e. The van der Waals surface area contributed by atoms with Crippen molar-refractivity contribution >= 4 is 6.08 Å². The summed E-state index contributed by atoms with van der Waals surface area (Å²) in [6.45, 7) is 2.42. The van der Waals surface area contributed by atoms with Crippen LogP contribution in [0.5, 0.6) is 0 Å². The van der Waals surface area contributed by atoms with Gasteiger partial charge in [0.1, 0.15) is 0 Å². The van der Waals surface area contributed by atoms with Crippen molar-refractivity contribution in [2.24, 2.45) is 0 Å². The average molecular weight is 185 g/mol. The Labute approximate surface area is 85.0 Å². The van der Waals surface area contributed by atoms with Crippen molar-refractivity contribution in [1.29, 1.82) is 0 Å².